The number of aromatic nitrogens is 3. The van der Waals surface area contributed by atoms with E-state index in [9.17, 15) is 0 Å². The number of hydrogen-bond acceptors (Lipinski definition) is 3. The van der Waals surface area contributed by atoms with Crippen molar-refractivity contribution >= 4 is 0 Å². The Labute approximate surface area is 102 Å². The van der Waals surface area contributed by atoms with Crippen LogP contribution in [0.3, 0.4) is 0 Å². The molecule has 0 saturated heterocycles. The average Bonchev–Trinajstić information content (AvgIpc) is 2.75. The summed E-state index contributed by atoms with van der Waals surface area (Å²) in [7, 11) is 0. The third kappa shape index (κ3) is 3.39. The van der Waals surface area contributed by atoms with E-state index in [1.807, 2.05) is 24.5 Å². The van der Waals surface area contributed by atoms with Crippen LogP contribution in [0.15, 0.2) is 30.7 Å². The molecular weight excluding hydrogens is 212 g/mol. The van der Waals surface area contributed by atoms with E-state index in [-0.39, 0.29) is 5.54 Å². The summed E-state index contributed by atoms with van der Waals surface area (Å²) in [6, 6.07) is 3.94. The van der Waals surface area contributed by atoms with E-state index in [4.69, 9.17) is 0 Å². The predicted molar refractivity (Wildman–Crippen MR) is 68.4 cm³/mol. The van der Waals surface area contributed by atoms with Crippen molar-refractivity contribution in [1.82, 2.24) is 20.3 Å². The molecule has 2 N–H and O–H groups in total. The third-order valence-electron chi connectivity index (χ3n) is 2.39. The van der Waals surface area contributed by atoms with Crippen LogP contribution < -0.4 is 5.32 Å². The molecule has 17 heavy (non-hydrogen) atoms. The molecule has 0 atom stereocenters. The summed E-state index contributed by atoms with van der Waals surface area (Å²) >= 11 is 0. The number of imidazole rings is 1. The minimum Gasteiger partial charge on any atom is -0.341 e. The smallest absolute Gasteiger partial charge is 0.120 e. The van der Waals surface area contributed by atoms with E-state index >= 15 is 0 Å². The molecule has 0 saturated carbocycles. The Balaban J connectivity index is 2.07. The van der Waals surface area contributed by atoms with Gasteiger partial charge in [0.25, 0.3) is 0 Å². The topological polar surface area (TPSA) is 53.6 Å². The SMILES string of the molecule is CC(C)(C)NCc1ncc(-c2cccnc2)[nH]1. The zero-order valence-corrected chi connectivity index (χ0v) is 10.5. The van der Waals surface area contributed by atoms with Crippen LogP contribution in [0.5, 0.6) is 0 Å². The van der Waals surface area contributed by atoms with Gasteiger partial charge < -0.3 is 10.3 Å². The maximum absolute atomic E-state index is 4.35. The maximum atomic E-state index is 4.35. The van der Waals surface area contributed by atoms with Gasteiger partial charge in [-0.3, -0.25) is 4.98 Å². The van der Waals surface area contributed by atoms with Crippen LogP contribution in [0.1, 0.15) is 26.6 Å². The lowest BCUT2D eigenvalue weighted by Crippen LogP contribution is -2.35. The summed E-state index contributed by atoms with van der Waals surface area (Å²) in [5.41, 5.74) is 2.16. The van der Waals surface area contributed by atoms with E-state index in [0.717, 1.165) is 23.6 Å². The monoisotopic (exact) mass is 230 g/mol. The van der Waals surface area contributed by atoms with Gasteiger partial charge in [0, 0.05) is 23.5 Å². The lowest BCUT2D eigenvalue weighted by Gasteiger charge is -2.19. The molecule has 90 valence electrons. The second-order valence-electron chi connectivity index (χ2n) is 5.09. The van der Waals surface area contributed by atoms with Crippen molar-refractivity contribution in [2.75, 3.05) is 0 Å². The summed E-state index contributed by atoms with van der Waals surface area (Å²) in [6.07, 6.45) is 5.44. The number of nitrogens with one attached hydrogen (secondary N) is 2. The van der Waals surface area contributed by atoms with E-state index in [1.165, 1.54) is 0 Å². The molecule has 0 radical (unpaired) electrons. The quantitative estimate of drug-likeness (QED) is 0.851. The second-order valence-corrected chi connectivity index (χ2v) is 5.09. The number of aromatic amines is 1. The Morgan fingerprint density at radius 2 is 2.12 bits per heavy atom. The van der Waals surface area contributed by atoms with Gasteiger partial charge in [0.2, 0.25) is 0 Å². The molecule has 2 rings (SSSR count). The first-order valence-electron chi connectivity index (χ1n) is 5.74. The third-order valence-corrected chi connectivity index (χ3v) is 2.39. The van der Waals surface area contributed by atoms with Gasteiger partial charge in [0.15, 0.2) is 0 Å². The number of hydrogen-bond donors (Lipinski definition) is 2. The zero-order valence-electron chi connectivity index (χ0n) is 10.5. The van der Waals surface area contributed by atoms with Crippen molar-refractivity contribution in [1.29, 1.82) is 0 Å². The van der Waals surface area contributed by atoms with Gasteiger partial charge in [-0.25, -0.2) is 4.98 Å². The number of nitrogens with zero attached hydrogens (tertiary/aromatic N) is 2. The Morgan fingerprint density at radius 3 is 2.76 bits per heavy atom. The molecule has 0 fully saturated rings. The van der Waals surface area contributed by atoms with Crippen molar-refractivity contribution in [2.24, 2.45) is 0 Å². The molecule has 0 aliphatic rings. The van der Waals surface area contributed by atoms with Crippen LogP contribution in [-0.4, -0.2) is 20.5 Å². The minimum absolute atomic E-state index is 0.0985. The van der Waals surface area contributed by atoms with Crippen LogP contribution in [0.2, 0.25) is 0 Å². The number of pyridine rings is 1. The van der Waals surface area contributed by atoms with Gasteiger partial charge in [-0.1, -0.05) is 0 Å². The predicted octanol–water partition coefficient (Wildman–Crippen LogP) is 2.36. The maximum Gasteiger partial charge on any atom is 0.120 e. The summed E-state index contributed by atoms with van der Waals surface area (Å²) in [4.78, 5) is 11.7. The van der Waals surface area contributed by atoms with Gasteiger partial charge in [0.05, 0.1) is 18.4 Å². The number of H-pyrrole nitrogens is 1. The van der Waals surface area contributed by atoms with Gasteiger partial charge in [0.1, 0.15) is 5.82 Å². The lowest BCUT2D eigenvalue weighted by molar-refractivity contribution is 0.418. The van der Waals surface area contributed by atoms with E-state index in [2.05, 4.69) is 41.0 Å². The fourth-order valence-electron chi connectivity index (χ4n) is 1.47. The highest BCUT2D eigenvalue weighted by atomic mass is 15.0. The molecule has 4 nitrogen and oxygen atoms in total. The van der Waals surface area contributed by atoms with Gasteiger partial charge >= 0.3 is 0 Å². The Kier molecular flexibility index (Phi) is 3.24. The molecule has 0 spiro atoms. The standard InChI is InChI=1S/C13H18N4/c1-13(2,3)16-9-12-15-8-11(17-12)10-5-4-6-14-7-10/h4-8,16H,9H2,1-3H3,(H,15,17). The van der Waals surface area contributed by atoms with Crippen molar-refractivity contribution in [3.63, 3.8) is 0 Å². The van der Waals surface area contributed by atoms with E-state index in [0.29, 0.717) is 0 Å². The van der Waals surface area contributed by atoms with Gasteiger partial charge in [-0.05, 0) is 32.9 Å². The molecule has 0 amide bonds. The molecule has 2 aromatic rings. The van der Waals surface area contributed by atoms with Crippen molar-refractivity contribution in [3.05, 3.63) is 36.5 Å². The molecular formula is C13H18N4. The highest BCUT2D eigenvalue weighted by molar-refractivity contribution is 5.56. The van der Waals surface area contributed by atoms with E-state index < -0.39 is 0 Å². The minimum atomic E-state index is 0.0985. The zero-order chi connectivity index (χ0) is 12.3. The molecule has 0 unspecified atom stereocenters. The van der Waals surface area contributed by atoms with Gasteiger partial charge in [-0.2, -0.15) is 0 Å². The Morgan fingerprint density at radius 1 is 1.29 bits per heavy atom. The largest absolute Gasteiger partial charge is 0.341 e. The fraction of sp³-hybridized carbons (Fsp3) is 0.385. The van der Waals surface area contributed by atoms with Crippen LogP contribution in [0.25, 0.3) is 11.3 Å². The van der Waals surface area contributed by atoms with Crippen LogP contribution in [-0.2, 0) is 6.54 Å². The summed E-state index contributed by atoms with van der Waals surface area (Å²) < 4.78 is 0. The normalized spacial score (nSPS) is 11.7. The van der Waals surface area contributed by atoms with Crippen LogP contribution in [0, 0.1) is 0 Å². The van der Waals surface area contributed by atoms with E-state index in [1.54, 1.807) is 6.20 Å². The first-order valence-corrected chi connectivity index (χ1v) is 5.74. The second kappa shape index (κ2) is 4.67. The molecule has 0 aliphatic carbocycles. The molecule has 0 bridgehead atoms. The first-order chi connectivity index (χ1) is 8.04. The lowest BCUT2D eigenvalue weighted by atomic mass is 10.1. The Bertz CT molecular complexity index is 468. The van der Waals surface area contributed by atoms with Gasteiger partial charge in [-0.15, -0.1) is 0 Å². The summed E-state index contributed by atoms with van der Waals surface area (Å²) in [5, 5.41) is 3.39. The first kappa shape index (κ1) is 11.8. The summed E-state index contributed by atoms with van der Waals surface area (Å²) in [6.45, 7) is 7.15. The number of rotatable bonds is 3. The highest BCUT2D eigenvalue weighted by Gasteiger charge is 2.10. The van der Waals surface area contributed by atoms with Crippen LogP contribution >= 0.6 is 0 Å². The summed E-state index contributed by atoms with van der Waals surface area (Å²) in [5.74, 6) is 0.943. The molecule has 0 aromatic carbocycles. The molecule has 0 aliphatic heterocycles. The van der Waals surface area contributed by atoms with Crippen molar-refractivity contribution < 1.29 is 0 Å². The highest BCUT2D eigenvalue weighted by Crippen LogP contribution is 2.15. The Hall–Kier alpha value is -1.68. The van der Waals surface area contributed by atoms with Crippen molar-refractivity contribution in [2.45, 2.75) is 32.9 Å². The fourth-order valence-corrected chi connectivity index (χ4v) is 1.47. The molecule has 4 heteroatoms. The average molecular weight is 230 g/mol. The van der Waals surface area contributed by atoms with Crippen molar-refractivity contribution in [3.8, 4) is 11.3 Å². The molecule has 2 aromatic heterocycles. The van der Waals surface area contributed by atoms with Crippen LogP contribution in [0.4, 0.5) is 0 Å². The molecule has 2 heterocycles.